The fraction of sp³-hybridized carbons (Fsp3) is 0.385. The van der Waals surface area contributed by atoms with Gasteiger partial charge in [-0.05, 0) is 31.5 Å². The Morgan fingerprint density at radius 3 is 2.90 bits per heavy atom. The zero-order valence-electron chi connectivity index (χ0n) is 11.0. The standard InChI is InChI=1S/C13H15N5O2/c1-8-3-4-9(17-16-8)13(20)15-10-7-11(19)12(10)18-6-2-5-14-18/h2-6,10-12,19H,7H2,1H3,(H,15,20)/t10-,11+,12+/m0/s1. The quantitative estimate of drug-likeness (QED) is 0.826. The molecular weight excluding hydrogens is 258 g/mol. The predicted octanol–water partition coefficient (Wildman–Crippen LogP) is 0.0858. The van der Waals surface area contributed by atoms with Crippen molar-refractivity contribution in [3.05, 3.63) is 42.0 Å². The van der Waals surface area contributed by atoms with Crippen molar-refractivity contribution in [3.63, 3.8) is 0 Å². The lowest BCUT2D eigenvalue weighted by Crippen LogP contribution is -2.56. The number of carbonyl (C=O) groups excluding carboxylic acids is 1. The molecule has 0 aliphatic heterocycles. The average Bonchev–Trinajstić information content (AvgIpc) is 2.92. The van der Waals surface area contributed by atoms with Gasteiger partial charge in [0.25, 0.3) is 5.91 Å². The summed E-state index contributed by atoms with van der Waals surface area (Å²) in [5.74, 6) is -0.286. The molecule has 1 aliphatic carbocycles. The zero-order chi connectivity index (χ0) is 14.1. The van der Waals surface area contributed by atoms with Gasteiger partial charge in [0, 0.05) is 12.4 Å². The van der Waals surface area contributed by atoms with E-state index in [4.69, 9.17) is 0 Å². The fourth-order valence-electron chi connectivity index (χ4n) is 2.34. The molecule has 2 aromatic rings. The SMILES string of the molecule is Cc1ccc(C(=O)N[C@H]2C[C@@H](O)[C@@H]2n2cccn2)nn1. The molecule has 0 aromatic carbocycles. The zero-order valence-corrected chi connectivity index (χ0v) is 11.0. The van der Waals surface area contributed by atoms with E-state index in [1.54, 1.807) is 35.3 Å². The summed E-state index contributed by atoms with van der Waals surface area (Å²) in [4.78, 5) is 12.1. The van der Waals surface area contributed by atoms with Crippen LogP contribution in [0.1, 0.15) is 28.6 Å². The number of amides is 1. The number of hydrogen-bond acceptors (Lipinski definition) is 5. The Hall–Kier alpha value is -2.28. The predicted molar refractivity (Wildman–Crippen MR) is 69.9 cm³/mol. The second-order valence-electron chi connectivity index (χ2n) is 4.92. The third-order valence-electron chi connectivity index (χ3n) is 3.48. The van der Waals surface area contributed by atoms with Crippen molar-refractivity contribution >= 4 is 5.91 Å². The molecule has 0 unspecified atom stereocenters. The Bertz CT molecular complexity index is 596. The van der Waals surface area contributed by atoms with Gasteiger partial charge < -0.3 is 10.4 Å². The number of aryl methyl sites for hydroxylation is 1. The van der Waals surface area contributed by atoms with Crippen LogP contribution in [0, 0.1) is 6.92 Å². The molecule has 3 rings (SSSR count). The van der Waals surface area contributed by atoms with Crippen LogP contribution in [-0.2, 0) is 0 Å². The number of rotatable bonds is 3. The molecule has 2 aromatic heterocycles. The molecule has 1 aliphatic rings. The van der Waals surface area contributed by atoms with Crippen molar-refractivity contribution in [2.75, 3.05) is 0 Å². The van der Waals surface area contributed by atoms with Crippen molar-refractivity contribution in [2.24, 2.45) is 0 Å². The minimum absolute atomic E-state index is 0.152. The normalized spacial score (nSPS) is 25.0. The molecule has 1 amide bonds. The summed E-state index contributed by atoms with van der Waals surface area (Å²) in [6.45, 7) is 1.81. The number of nitrogens with zero attached hydrogens (tertiary/aromatic N) is 4. The van der Waals surface area contributed by atoms with Gasteiger partial charge in [-0.1, -0.05) is 0 Å². The van der Waals surface area contributed by atoms with Gasteiger partial charge in [0.05, 0.1) is 23.9 Å². The van der Waals surface area contributed by atoms with E-state index in [0.717, 1.165) is 5.69 Å². The topological polar surface area (TPSA) is 92.9 Å². The summed E-state index contributed by atoms with van der Waals surface area (Å²) in [5.41, 5.74) is 1.03. The molecule has 3 atom stereocenters. The lowest BCUT2D eigenvalue weighted by atomic mass is 9.83. The molecule has 7 nitrogen and oxygen atoms in total. The molecule has 1 fully saturated rings. The smallest absolute Gasteiger partial charge is 0.272 e. The monoisotopic (exact) mass is 273 g/mol. The molecule has 0 bridgehead atoms. The van der Waals surface area contributed by atoms with Gasteiger partial charge in [-0.15, -0.1) is 5.10 Å². The van der Waals surface area contributed by atoms with Crippen molar-refractivity contribution in [3.8, 4) is 0 Å². The highest BCUT2D eigenvalue weighted by atomic mass is 16.3. The number of hydrogen-bond donors (Lipinski definition) is 2. The largest absolute Gasteiger partial charge is 0.391 e. The van der Waals surface area contributed by atoms with Gasteiger partial charge >= 0.3 is 0 Å². The highest BCUT2D eigenvalue weighted by Crippen LogP contribution is 2.32. The van der Waals surface area contributed by atoms with Crippen molar-refractivity contribution in [1.29, 1.82) is 0 Å². The van der Waals surface area contributed by atoms with Crippen LogP contribution in [0.4, 0.5) is 0 Å². The van der Waals surface area contributed by atoms with Crippen LogP contribution in [0.3, 0.4) is 0 Å². The Balaban J connectivity index is 1.69. The van der Waals surface area contributed by atoms with E-state index in [1.165, 1.54) is 0 Å². The van der Waals surface area contributed by atoms with E-state index in [2.05, 4.69) is 20.6 Å². The summed E-state index contributed by atoms with van der Waals surface area (Å²) in [7, 11) is 0. The van der Waals surface area contributed by atoms with Gasteiger partial charge in [0.2, 0.25) is 0 Å². The van der Waals surface area contributed by atoms with E-state index in [-0.39, 0.29) is 23.7 Å². The average molecular weight is 273 g/mol. The molecule has 2 heterocycles. The van der Waals surface area contributed by atoms with E-state index in [0.29, 0.717) is 6.42 Å². The van der Waals surface area contributed by atoms with Gasteiger partial charge in [-0.25, -0.2) is 0 Å². The highest BCUT2D eigenvalue weighted by molar-refractivity contribution is 5.92. The van der Waals surface area contributed by atoms with Gasteiger partial charge in [-0.2, -0.15) is 10.2 Å². The first-order chi connectivity index (χ1) is 9.65. The number of aliphatic hydroxyl groups excluding tert-OH is 1. The Labute approximate surface area is 115 Å². The third-order valence-corrected chi connectivity index (χ3v) is 3.48. The van der Waals surface area contributed by atoms with Gasteiger partial charge in [0.1, 0.15) is 0 Å². The number of aromatic nitrogens is 4. The molecule has 2 N–H and O–H groups in total. The van der Waals surface area contributed by atoms with Crippen LogP contribution in [0.5, 0.6) is 0 Å². The van der Waals surface area contributed by atoms with Gasteiger partial charge in [0.15, 0.2) is 5.69 Å². The summed E-state index contributed by atoms with van der Waals surface area (Å²) >= 11 is 0. The number of nitrogens with one attached hydrogen (secondary N) is 1. The van der Waals surface area contributed by atoms with E-state index in [1.807, 2.05) is 6.92 Å². The maximum absolute atomic E-state index is 12.1. The Kier molecular flexibility index (Phi) is 3.19. The van der Waals surface area contributed by atoms with Crippen LogP contribution < -0.4 is 5.32 Å². The molecule has 104 valence electrons. The molecule has 0 saturated heterocycles. The maximum Gasteiger partial charge on any atom is 0.272 e. The second kappa shape index (κ2) is 5.01. The minimum Gasteiger partial charge on any atom is -0.391 e. The van der Waals surface area contributed by atoms with Crippen LogP contribution >= 0.6 is 0 Å². The first-order valence-electron chi connectivity index (χ1n) is 6.43. The van der Waals surface area contributed by atoms with Gasteiger partial charge in [-0.3, -0.25) is 9.48 Å². The minimum atomic E-state index is -0.496. The van der Waals surface area contributed by atoms with Crippen LogP contribution in [0.15, 0.2) is 30.6 Å². The number of aliphatic hydroxyl groups is 1. The lowest BCUT2D eigenvalue weighted by Gasteiger charge is -2.41. The van der Waals surface area contributed by atoms with Crippen molar-refractivity contribution < 1.29 is 9.90 Å². The second-order valence-corrected chi connectivity index (χ2v) is 4.92. The fourth-order valence-corrected chi connectivity index (χ4v) is 2.34. The lowest BCUT2D eigenvalue weighted by molar-refractivity contribution is -0.00596. The van der Waals surface area contributed by atoms with E-state index >= 15 is 0 Å². The Morgan fingerprint density at radius 2 is 2.30 bits per heavy atom. The molecule has 0 spiro atoms. The van der Waals surface area contributed by atoms with Crippen LogP contribution in [0.2, 0.25) is 0 Å². The van der Waals surface area contributed by atoms with Crippen LogP contribution in [-0.4, -0.2) is 43.1 Å². The molecular formula is C13H15N5O2. The Morgan fingerprint density at radius 1 is 1.45 bits per heavy atom. The van der Waals surface area contributed by atoms with Crippen LogP contribution in [0.25, 0.3) is 0 Å². The summed E-state index contributed by atoms with van der Waals surface area (Å²) in [6, 6.07) is 4.78. The first-order valence-corrected chi connectivity index (χ1v) is 6.43. The number of carbonyl (C=O) groups is 1. The first kappa shape index (κ1) is 12.7. The molecule has 7 heteroatoms. The summed E-state index contributed by atoms with van der Waals surface area (Å²) in [6.07, 6.45) is 3.44. The molecule has 1 saturated carbocycles. The summed E-state index contributed by atoms with van der Waals surface area (Å²) in [5, 5.41) is 24.5. The summed E-state index contributed by atoms with van der Waals surface area (Å²) < 4.78 is 1.67. The van der Waals surface area contributed by atoms with E-state index < -0.39 is 6.10 Å². The maximum atomic E-state index is 12.1. The highest BCUT2D eigenvalue weighted by Gasteiger charge is 2.42. The molecule has 20 heavy (non-hydrogen) atoms. The van der Waals surface area contributed by atoms with Crippen molar-refractivity contribution in [1.82, 2.24) is 25.3 Å². The molecule has 0 radical (unpaired) electrons. The van der Waals surface area contributed by atoms with Crippen molar-refractivity contribution in [2.45, 2.75) is 31.5 Å². The third kappa shape index (κ3) is 2.27. The van der Waals surface area contributed by atoms with E-state index in [9.17, 15) is 9.90 Å².